The van der Waals surface area contributed by atoms with E-state index in [9.17, 15) is 9.59 Å². The van der Waals surface area contributed by atoms with Gasteiger partial charge in [0.05, 0.1) is 12.5 Å². The van der Waals surface area contributed by atoms with Crippen LogP contribution < -0.4 is 5.32 Å². The number of aliphatic carboxylic acids is 1. The molecule has 21 heavy (non-hydrogen) atoms. The van der Waals surface area contributed by atoms with Gasteiger partial charge in [-0.15, -0.1) is 0 Å². The molecular formula is C16H15NO3S. The van der Waals surface area contributed by atoms with Crippen molar-refractivity contribution in [3.63, 3.8) is 0 Å². The van der Waals surface area contributed by atoms with Crippen molar-refractivity contribution in [2.24, 2.45) is 0 Å². The van der Waals surface area contributed by atoms with Crippen LogP contribution in [0.2, 0.25) is 0 Å². The van der Waals surface area contributed by atoms with Gasteiger partial charge in [-0.3, -0.25) is 9.59 Å². The first-order valence-electron chi connectivity index (χ1n) is 6.42. The third-order valence-corrected chi connectivity index (χ3v) is 3.57. The molecule has 0 spiro atoms. The Morgan fingerprint density at radius 3 is 2.62 bits per heavy atom. The van der Waals surface area contributed by atoms with E-state index in [0.29, 0.717) is 0 Å². The van der Waals surface area contributed by atoms with Crippen LogP contribution in [0.3, 0.4) is 0 Å². The second kappa shape index (κ2) is 7.40. The largest absolute Gasteiger partial charge is 0.481 e. The Morgan fingerprint density at radius 1 is 1.24 bits per heavy atom. The van der Waals surface area contributed by atoms with E-state index in [-0.39, 0.29) is 12.3 Å². The molecule has 2 rings (SSSR count). The van der Waals surface area contributed by atoms with Gasteiger partial charge in [-0.2, -0.15) is 11.3 Å². The number of hydrogen-bond acceptors (Lipinski definition) is 3. The number of benzene rings is 1. The van der Waals surface area contributed by atoms with Gasteiger partial charge in [-0.1, -0.05) is 30.3 Å². The molecule has 0 saturated heterocycles. The molecule has 0 fully saturated rings. The molecule has 1 aromatic carbocycles. The number of carbonyl (C=O) groups is 2. The van der Waals surface area contributed by atoms with E-state index < -0.39 is 12.0 Å². The summed E-state index contributed by atoms with van der Waals surface area (Å²) in [7, 11) is 0. The minimum atomic E-state index is -0.953. The van der Waals surface area contributed by atoms with E-state index in [4.69, 9.17) is 5.11 Å². The van der Waals surface area contributed by atoms with Crippen molar-refractivity contribution in [3.8, 4) is 0 Å². The number of amides is 1. The summed E-state index contributed by atoms with van der Waals surface area (Å²) in [6.45, 7) is 0. The van der Waals surface area contributed by atoms with Crippen molar-refractivity contribution < 1.29 is 14.7 Å². The highest BCUT2D eigenvalue weighted by Crippen LogP contribution is 2.16. The Morgan fingerprint density at radius 2 is 2.00 bits per heavy atom. The van der Waals surface area contributed by atoms with Gasteiger partial charge in [-0.25, -0.2) is 0 Å². The summed E-state index contributed by atoms with van der Waals surface area (Å²) in [6.07, 6.45) is 2.97. The fourth-order valence-corrected chi connectivity index (χ4v) is 2.50. The minimum absolute atomic E-state index is 0.151. The maximum atomic E-state index is 11.9. The lowest BCUT2D eigenvalue weighted by Crippen LogP contribution is -2.28. The van der Waals surface area contributed by atoms with Gasteiger partial charge in [-0.05, 0) is 34.0 Å². The van der Waals surface area contributed by atoms with E-state index in [1.165, 1.54) is 6.08 Å². The SMILES string of the molecule is O=C(O)C[C@@H](NC(=O)/C=C/c1ccsc1)c1ccccc1. The number of carbonyl (C=O) groups excluding carboxylic acids is 1. The molecule has 0 aliphatic carbocycles. The standard InChI is InChI=1S/C16H15NO3S/c18-15(7-6-12-8-9-21-11-12)17-14(10-16(19)20)13-4-2-1-3-5-13/h1-9,11,14H,10H2,(H,17,18)(H,19,20)/b7-6+/t14-/m1/s1. The van der Waals surface area contributed by atoms with Crippen molar-refractivity contribution >= 4 is 29.3 Å². The lowest BCUT2D eigenvalue weighted by Gasteiger charge is -2.16. The molecule has 1 heterocycles. The lowest BCUT2D eigenvalue weighted by atomic mass is 10.0. The monoisotopic (exact) mass is 301 g/mol. The third kappa shape index (κ3) is 4.89. The van der Waals surface area contributed by atoms with Gasteiger partial charge in [0.25, 0.3) is 0 Å². The molecule has 0 unspecified atom stereocenters. The van der Waals surface area contributed by atoms with E-state index in [2.05, 4.69) is 5.32 Å². The molecule has 0 aliphatic rings. The summed E-state index contributed by atoms with van der Waals surface area (Å²) in [4.78, 5) is 22.9. The lowest BCUT2D eigenvalue weighted by molar-refractivity contribution is -0.137. The number of carboxylic acids is 1. The Labute approximate surface area is 126 Å². The Kier molecular flexibility index (Phi) is 5.29. The summed E-state index contributed by atoms with van der Waals surface area (Å²) in [5, 5.41) is 15.5. The molecule has 0 bridgehead atoms. The van der Waals surface area contributed by atoms with Gasteiger partial charge < -0.3 is 10.4 Å². The Hall–Kier alpha value is -2.40. The number of thiophene rings is 1. The molecule has 0 saturated carbocycles. The molecular weight excluding hydrogens is 286 g/mol. The highest BCUT2D eigenvalue weighted by molar-refractivity contribution is 7.08. The molecule has 1 aromatic heterocycles. The summed E-state index contributed by atoms with van der Waals surface area (Å²) in [5.41, 5.74) is 1.72. The van der Waals surface area contributed by atoms with Crippen LogP contribution >= 0.6 is 11.3 Å². The first-order valence-corrected chi connectivity index (χ1v) is 7.37. The molecule has 108 valence electrons. The summed E-state index contributed by atoms with van der Waals surface area (Å²) in [6, 6.07) is 10.4. The highest BCUT2D eigenvalue weighted by atomic mass is 32.1. The van der Waals surface area contributed by atoms with Crippen LogP contribution in [0.15, 0.2) is 53.2 Å². The van der Waals surface area contributed by atoms with Crippen molar-refractivity contribution in [2.45, 2.75) is 12.5 Å². The third-order valence-electron chi connectivity index (χ3n) is 2.87. The minimum Gasteiger partial charge on any atom is -0.481 e. The van der Waals surface area contributed by atoms with Gasteiger partial charge in [0, 0.05) is 6.08 Å². The number of nitrogens with one attached hydrogen (secondary N) is 1. The number of rotatable bonds is 6. The van der Waals surface area contributed by atoms with Gasteiger partial charge in [0.2, 0.25) is 5.91 Å². The summed E-state index contributed by atoms with van der Waals surface area (Å²) < 4.78 is 0. The van der Waals surface area contributed by atoms with E-state index in [1.54, 1.807) is 29.5 Å². The van der Waals surface area contributed by atoms with Crippen LogP contribution in [0.1, 0.15) is 23.6 Å². The normalized spacial score (nSPS) is 12.2. The van der Waals surface area contributed by atoms with E-state index >= 15 is 0 Å². The number of carboxylic acid groups (broad SMARTS) is 1. The van der Waals surface area contributed by atoms with Crippen LogP contribution in [0.5, 0.6) is 0 Å². The first-order chi connectivity index (χ1) is 10.1. The average molecular weight is 301 g/mol. The summed E-state index contributed by atoms with van der Waals surface area (Å²) >= 11 is 1.55. The molecule has 5 heteroatoms. The Balaban J connectivity index is 2.04. The van der Waals surface area contributed by atoms with Crippen LogP contribution in [-0.4, -0.2) is 17.0 Å². The second-order valence-electron chi connectivity index (χ2n) is 4.46. The fraction of sp³-hybridized carbons (Fsp3) is 0.125. The van der Waals surface area contributed by atoms with Crippen molar-refractivity contribution in [3.05, 3.63) is 64.4 Å². The van der Waals surface area contributed by atoms with Crippen molar-refractivity contribution in [1.29, 1.82) is 0 Å². The van der Waals surface area contributed by atoms with Gasteiger partial charge in [0.1, 0.15) is 0 Å². The molecule has 0 aliphatic heterocycles. The van der Waals surface area contributed by atoms with Gasteiger partial charge in [0.15, 0.2) is 0 Å². The van der Waals surface area contributed by atoms with E-state index in [0.717, 1.165) is 11.1 Å². The van der Waals surface area contributed by atoms with Crippen molar-refractivity contribution in [2.75, 3.05) is 0 Å². The maximum Gasteiger partial charge on any atom is 0.305 e. The van der Waals surface area contributed by atoms with Crippen molar-refractivity contribution in [1.82, 2.24) is 5.32 Å². The zero-order valence-electron chi connectivity index (χ0n) is 11.2. The molecule has 4 nitrogen and oxygen atoms in total. The molecule has 1 amide bonds. The smallest absolute Gasteiger partial charge is 0.305 e. The average Bonchev–Trinajstić information content (AvgIpc) is 2.98. The first kappa shape index (κ1) is 15.0. The van der Waals surface area contributed by atoms with Gasteiger partial charge >= 0.3 is 5.97 Å². The van der Waals surface area contributed by atoms with Crippen LogP contribution in [0.25, 0.3) is 6.08 Å². The molecule has 0 radical (unpaired) electrons. The van der Waals surface area contributed by atoms with Crippen LogP contribution in [0, 0.1) is 0 Å². The predicted molar refractivity (Wildman–Crippen MR) is 82.9 cm³/mol. The second-order valence-corrected chi connectivity index (χ2v) is 5.24. The van der Waals surface area contributed by atoms with E-state index in [1.807, 2.05) is 35.0 Å². The maximum absolute atomic E-state index is 11.9. The zero-order valence-corrected chi connectivity index (χ0v) is 12.0. The topological polar surface area (TPSA) is 66.4 Å². The fourth-order valence-electron chi connectivity index (χ4n) is 1.87. The predicted octanol–water partition coefficient (Wildman–Crippen LogP) is 3.09. The van der Waals surface area contributed by atoms with Crippen LogP contribution in [-0.2, 0) is 9.59 Å². The molecule has 2 aromatic rings. The molecule has 2 N–H and O–H groups in total. The summed E-state index contributed by atoms with van der Waals surface area (Å²) in [5.74, 6) is -1.26. The Bertz CT molecular complexity index is 620. The van der Waals surface area contributed by atoms with Crippen LogP contribution in [0.4, 0.5) is 0 Å². The number of hydrogen-bond donors (Lipinski definition) is 2. The highest BCUT2D eigenvalue weighted by Gasteiger charge is 2.16. The quantitative estimate of drug-likeness (QED) is 0.806. The zero-order chi connectivity index (χ0) is 15.1. The molecule has 1 atom stereocenters.